The van der Waals surface area contributed by atoms with E-state index in [4.69, 9.17) is 0 Å². The van der Waals surface area contributed by atoms with Crippen molar-refractivity contribution in [2.45, 2.75) is 31.7 Å². The van der Waals surface area contributed by atoms with Crippen molar-refractivity contribution in [3.05, 3.63) is 59.7 Å². The number of hydrogen-bond acceptors (Lipinski definition) is 3. The molecule has 0 saturated carbocycles. The van der Waals surface area contributed by atoms with E-state index in [2.05, 4.69) is 10.0 Å². The van der Waals surface area contributed by atoms with Gasteiger partial charge in [-0.15, -0.1) is 0 Å². The molecule has 0 spiro atoms. The Kier molecular flexibility index (Phi) is 5.18. The van der Waals surface area contributed by atoms with E-state index in [9.17, 15) is 13.2 Å². The molecule has 0 heterocycles. The van der Waals surface area contributed by atoms with Crippen molar-refractivity contribution in [3.63, 3.8) is 0 Å². The van der Waals surface area contributed by atoms with Gasteiger partial charge in [-0.1, -0.05) is 24.3 Å². The van der Waals surface area contributed by atoms with Crippen molar-refractivity contribution in [2.75, 3.05) is 5.32 Å². The summed E-state index contributed by atoms with van der Waals surface area (Å²) < 4.78 is 26.8. The summed E-state index contributed by atoms with van der Waals surface area (Å²) in [4.78, 5) is 12.3. The molecule has 1 amide bonds. The molecule has 5 nitrogen and oxygen atoms in total. The van der Waals surface area contributed by atoms with Crippen molar-refractivity contribution in [3.8, 4) is 0 Å². The molecule has 0 unspecified atom stereocenters. The number of nitrogens with one attached hydrogen (secondary N) is 2. The van der Waals surface area contributed by atoms with Crippen LogP contribution in [0, 0.1) is 13.8 Å². The van der Waals surface area contributed by atoms with Crippen LogP contribution in [-0.4, -0.2) is 20.4 Å². The third kappa shape index (κ3) is 4.40. The van der Waals surface area contributed by atoms with E-state index in [0.29, 0.717) is 5.69 Å². The largest absolute Gasteiger partial charge is 0.325 e. The lowest BCUT2D eigenvalue weighted by Gasteiger charge is -2.15. The summed E-state index contributed by atoms with van der Waals surface area (Å²) in [5.74, 6) is -0.409. The molecule has 0 aromatic heterocycles. The van der Waals surface area contributed by atoms with Crippen molar-refractivity contribution in [2.24, 2.45) is 0 Å². The average molecular weight is 332 g/mol. The van der Waals surface area contributed by atoms with Gasteiger partial charge in [0.25, 0.3) is 0 Å². The molecule has 0 saturated heterocycles. The molecule has 6 heteroatoms. The van der Waals surface area contributed by atoms with E-state index >= 15 is 0 Å². The van der Waals surface area contributed by atoms with E-state index < -0.39 is 22.0 Å². The molecule has 2 aromatic rings. The molecule has 122 valence electrons. The minimum Gasteiger partial charge on any atom is -0.325 e. The number of hydrogen-bond donors (Lipinski definition) is 2. The van der Waals surface area contributed by atoms with Crippen LogP contribution >= 0.6 is 0 Å². The van der Waals surface area contributed by atoms with Gasteiger partial charge in [0.05, 0.1) is 10.9 Å². The van der Waals surface area contributed by atoms with Gasteiger partial charge in [0.1, 0.15) is 0 Å². The van der Waals surface area contributed by atoms with E-state index in [1.807, 2.05) is 26.0 Å². The standard InChI is InChI=1S/C17H20N2O3S/c1-12-9-10-15(11-13(12)2)18-17(20)14(3)19-23(21,22)16-7-5-4-6-8-16/h4-11,14,19H,1-3H3,(H,18,20)/t14-/m0/s1. The maximum absolute atomic E-state index is 12.2. The van der Waals surface area contributed by atoms with Gasteiger partial charge in [0.15, 0.2) is 0 Å². The quantitative estimate of drug-likeness (QED) is 0.884. The van der Waals surface area contributed by atoms with Gasteiger partial charge >= 0.3 is 0 Å². The zero-order chi connectivity index (χ0) is 17.0. The highest BCUT2D eigenvalue weighted by Gasteiger charge is 2.21. The number of carbonyl (C=O) groups is 1. The number of sulfonamides is 1. The Hall–Kier alpha value is -2.18. The van der Waals surface area contributed by atoms with Crippen LogP contribution in [0.1, 0.15) is 18.1 Å². The number of carbonyl (C=O) groups excluding carboxylic acids is 1. The van der Waals surface area contributed by atoms with E-state index in [1.54, 1.807) is 24.3 Å². The van der Waals surface area contributed by atoms with Crippen LogP contribution in [0.3, 0.4) is 0 Å². The summed E-state index contributed by atoms with van der Waals surface area (Å²) >= 11 is 0. The second-order valence-electron chi connectivity index (χ2n) is 5.44. The van der Waals surface area contributed by atoms with Crippen LogP contribution in [0.5, 0.6) is 0 Å². The Morgan fingerprint density at radius 1 is 1.00 bits per heavy atom. The van der Waals surface area contributed by atoms with Gasteiger partial charge in [0, 0.05) is 5.69 Å². The van der Waals surface area contributed by atoms with E-state index in [-0.39, 0.29) is 4.90 Å². The van der Waals surface area contributed by atoms with Crippen LogP contribution in [-0.2, 0) is 14.8 Å². The molecule has 0 aliphatic heterocycles. The summed E-state index contributed by atoms with van der Waals surface area (Å²) in [5, 5.41) is 2.72. The van der Waals surface area contributed by atoms with Crippen molar-refractivity contribution in [1.82, 2.24) is 4.72 Å². The lowest BCUT2D eigenvalue weighted by atomic mass is 10.1. The fourth-order valence-corrected chi connectivity index (χ4v) is 3.25. The molecule has 0 bridgehead atoms. The van der Waals surface area contributed by atoms with Gasteiger partial charge < -0.3 is 5.32 Å². The molecular weight excluding hydrogens is 312 g/mol. The topological polar surface area (TPSA) is 75.3 Å². The first kappa shape index (κ1) is 17.2. The first-order valence-electron chi connectivity index (χ1n) is 7.25. The van der Waals surface area contributed by atoms with Crippen LogP contribution in [0.25, 0.3) is 0 Å². The van der Waals surface area contributed by atoms with Crippen molar-refractivity contribution >= 4 is 21.6 Å². The lowest BCUT2D eigenvalue weighted by molar-refractivity contribution is -0.117. The first-order valence-corrected chi connectivity index (χ1v) is 8.73. The molecule has 0 fully saturated rings. The van der Waals surface area contributed by atoms with Crippen molar-refractivity contribution in [1.29, 1.82) is 0 Å². The van der Waals surface area contributed by atoms with Crippen LogP contribution in [0.2, 0.25) is 0 Å². The smallest absolute Gasteiger partial charge is 0.242 e. The number of aryl methyl sites for hydroxylation is 2. The van der Waals surface area contributed by atoms with Gasteiger partial charge in [0.2, 0.25) is 15.9 Å². The normalized spacial score (nSPS) is 12.7. The molecule has 0 aliphatic carbocycles. The Morgan fingerprint density at radius 2 is 1.65 bits per heavy atom. The number of benzene rings is 2. The Labute approximate surface area is 136 Å². The Balaban J connectivity index is 2.06. The number of anilines is 1. The predicted octanol–water partition coefficient (Wildman–Crippen LogP) is 2.61. The number of amides is 1. The monoisotopic (exact) mass is 332 g/mol. The maximum atomic E-state index is 12.2. The lowest BCUT2D eigenvalue weighted by Crippen LogP contribution is -2.41. The predicted molar refractivity (Wildman–Crippen MR) is 90.8 cm³/mol. The second kappa shape index (κ2) is 6.93. The first-order chi connectivity index (χ1) is 10.8. The van der Waals surface area contributed by atoms with Crippen LogP contribution in [0.15, 0.2) is 53.4 Å². The molecule has 2 aromatic carbocycles. The molecular formula is C17H20N2O3S. The van der Waals surface area contributed by atoms with Crippen LogP contribution < -0.4 is 10.0 Å². The van der Waals surface area contributed by atoms with Crippen molar-refractivity contribution < 1.29 is 13.2 Å². The second-order valence-corrected chi connectivity index (χ2v) is 7.16. The zero-order valence-corrected chi connectivity index (χ0v) is 14.1. The molecule has 0 radical (unpaired) electrons. The minimum absolute atomic E-state index is 0.130. The minimum atomic E-state index is -3.72. The Morgan fingerprint density at radius 3 is 2.26 bits per heavy atom. The highest BCUT2D eigenvalue weighted by Crippen LogP contribution is 2.15. The molecule has 2 rings (SSSR count). The molecule has 2 N–H and O–H groups in total. The Bertz CT molecular complexity index is 802. The average Bonchev–Trinajstić information content (AvgIpc) is 2.51. The van der Waals surface area contributed by atoms with E-state index in [0.717, 1.165) is 11.1 Å². The molecule has 23 heavy (non-hydrogen) atoms. The SMILES string of the molecule is Cc1ccc(NC(=O)[C@H](C)NS(=O)(=O)c2ccccc2)cc1C. The third-order valence-corrected chi connectivity index (χ3v) is 5.11. The van der Waals surface area contributed by atoms with Gasteiger partial charge in [-0.05, 0) is 56.2 Å². The maximum Gasteiger partial charge on any atom is 0.242 e. The van der Waals surface area contributed by atoms with Gasteiger partial charge in [-0.2, -0.15) is 4.72 Å². The third-order valence-electron chi connectivity index (χ3n) is 3.55. The molecule has 1 atom stereocenters. The zero-order valence-electron chi connectivity index (χ0n) is 13.3. The van der Waals surface area contributed by atoms with Gasteiger partial charge in [-0.3, -0.25) is 4.79 Å². The summed E-state index contributed by atoms with van der Waals surface area (Å²) in [6, 6.07) is 12.6. The summed E-state index contributed by atoms with van der Waals surface area (Å²) in [6.07, 6.45) is 0. The summed E-state index contributed by atoms with van der Waals surface area (Å²) in [5.41, 5.74) is 2.82. The number of rotatable bonds is 5. The summed E-state index contributed by atoms with van der Waals surface area (Å²) in [6.45, 7) is 5.45. The highest BCUT2D eigenvalue weighted by molar-refractivity contribution is 7.89. The fraction of sp³-hybridized carbons (Fsp3) is 0.235. The molecule has 0 aliphatic rings. The van der Waals surface area contributed by atoms with Gasteiger partial charge in [-0.25, -0.2) is 8.42 Å². The highest BCUT2D eigenvalue weighted by atomic mass is 32.2. The fourth-order valence-electron chi connectivity index (χ4n) is 2.02. The van der Waals surface area contributed by atoms with E-state index in [1.165, 1.54) is 19.1 Å². The summed E-state index contributed by atoms with van der Waals surface area (Å²) in [7, 11) is -3.72. The van der Waals surface area contributed by atoms with Crippen LogP contribution in [0.4, 0.5) is 5.69 Å².